The Morgan fingerprint density at radius 3 is 2.00 bits per heavy atom. The van der Waals surface area contributed by atoms with E-state index in [1.165, 1.54) is 6.92 Å². The number of ether oxygens (including phenoxy) is 2. The molecule has 0 spiro atoms. The van der Waals surface area contributed by atoms with Gasteiger partial charge in [-0.3, -0.25) is 4.79 Å². The SMILES string of the molecule is CC(=O)NC/C=C(\C)c1ccc(Oc2ccc(OC(C)C)cc2)cc1. The minimum Gasteiger partial charge on any atom is -0.491 e. The van der Waals surface area contributed by atoms with E-state index in [2.05, 4.69) is 5.32 Å². The average Bonchev–Trinajstić information content (AvgIpc) is 2.56. The van der Waals surface area contributed by atoms with Gasteiger partial charge in [0.1, 0.15) is 17.2 Å². The van der Waals surface area contributed by atoms with Crippen molar-refractivity contribution in [2.75, 3.05) is 6.54 Å². The van der Waals surface area contributed by atoms with Crippen LogP contribution in [0.15, 0.2) is 54.6 Å². The van der Waals surface area contributed by atoms with E-state index in [0.717, 1.165) is 28.4 Å². The molecule has 0 fully saturated rings. The molecule has 25 heavy (non-hydrogen) atoms. The Bertz CT molecular complexity index is 716. The minimum absolute atomic E-state index is 0.0300. The van der Waals surface area contributed by atoms with Crippen LogP contribution in [0.3, 0.4) is 0 Å². The molecule has 0 saturated heterocycles. The van der Waals surface area contributed by atoms with Crippen molar-refractivity contribution in [1.82, 2.24) is 5.32 Å². The highest BCUT2D eigenvalue weighted by atomic mass is 16.5. The molecule has 0 heterocycles. The van der Waals surface area contributed by atoms with E-state index in [9.17, 15) is 4.79 Å². The Morgan fingerprint density at radius 2 is 1.48 bits per heavy atom. The predicted octanol–water partition coefficient (Wildman–Crippen LogP) is 4.81. The Hall–Kier alpha value is -2.75. The van der Waals surface area contributed by atoms with Crippen LogP contribution in [0.4, 0.5) is 0 Å². The summed E-state index contributed by atoms with van der Waals surface area (Å²) in [4.78, 5) is 10.9. The lowest BCUT2D eigenvalue weighted by molar-refractivity contribution is -0.118. The summed E-state index contributed by atoms with van der Waals surface area (Å²) in [6, 6.07) is 15.5. The van der Waals surface area contributed by atoms with Crippen LogP contribution >= 0.6 is 0 Å². The lowest BCUT2D eigenvalue weighted by Gasteiger charge is -2.11. The molecule has 0 aliphatic heterocycles. The highest BCUT2D eigenvalue weighted by molar-refractivity contribution is 5.73. The van der Waals surface area contributed by atoms with Gasteiger partial charge < -0.3 is 14.8 Å². The van der Waals surface area contributed by atoms with Crippen molar-refractivity contribution in [3.05, 3.63) is 60.2 Å². The second-order valence-electron chi connectivity index (χ2n) is 6.09. The van der Waals surface area contributed by atoms with Crippen LogP contribution in [0, 0.1) is 0 Å². The molecule has 1 amide bonds. The van der Waals surface area contributed by atoms with Gasteiger partial charge in [-0.2, -0.15) is 0 Å². The zero-order valence-corrected chi connectivity index (χ0v) is 15.2. The molecule has 1 N–H and O–H groups in total. The quantitative estimate of drug-likeness (QED) is 0.788. The van der Waals surface area contributed by atoms with Crippen LogP contribution in [-0.2, 0) is 4.79 Å². The molecule has 0 saturated carbocycles. The number of carbonyl (C=O) groups excluding carboxylic acids is 1. The van der Waals surface area contributed by atoms with E-state index in [0.29, 0.717) is 6.54 Å². The molecular weight excluding hydrogens is 314 g/mol. The number of amides is 1. The summed E-state index contributed by atoms with van der Waals surface area (Å²) >= 11 is 0. The van der Waals surface area contributed by atoms with Gasteiger partial charge in [-0.1, -0.05) is 18.2 Å². The normalized spacial score (nSPS) is 11.3. The highest BCUT2D eigenvalue weighted by Gasteiger charge is 2.02. The third-order valence-electron chi connectivity index (χ3n) is 3.50. The molecule has 0 unspecified atom stereocenters. The maximum atomic E-state index is 10.9. The molecule has 0 aromatic heterocycles. The zero-order valence-electron chi connectivity index (χ0n) is 15.2. The van der Waals surface area contributed by atoms with Crippen LogP contribution in [-0.4, -0.2) is 18.6 Å². The highest BCUT2D eigenvalue weighted by Crippen LogP contribution is 2.25. The van der Waals surface area contributed by atoms with E-state index >= 15 is 0 Å². The van der Waals surface area contributed by atoms with E-state index in [1.807, 2.05) is 75.4 Å². The topological polar surface area (TPSA) is 47.6 Å². The number of hydrogen-bond donors (Lipinski definition) is 1. The van der Waals surface area contributed by atoms with E-state index in [-0.39, 0.29) is 12.0 Å². The molecule has 0 atom stereocenters. The van der Waals surface area contributed by atoms with Gasteiger partial charge in [-0.25, -0.2) is 0 Å². The fourth-order valence-electron chi connectivity index (χ4n) is 2.25. The maximum absolute atomic E-state index is 10.9. The fraction of sp³-hybridized carbons (Fsp3) is 0.286. The van der Waals surface area contributed by atoms with E-state index < -0.39 is 0 Å². The first kappa shape index (κ1) is 18.6. The van der Waals surface area contributed by atoms with Crippen LogP contribution < -0.4 is 14.8 Å². The molecular formula is C21H25NO3. The third-order valence-corrected chi connectivity index (χ3v) is 3.50. The molecule has 0 bridgehead atoms. The first-order valence-electron chi connectivity index (χ1n) is 8.40. The fourth-order valence-corrected chi connectivity index (χ4v) is 2.25. The zero-order chi connectivity index (χ0) is 18.2. The van der Waals surface area contributed by atoms with Crippen molar-refractivity contribution in [2.45, 2.75) is 33.8 Å². The first-order valence-corrected chi connectivity index (χ1v) is 8.40. The van der Waals surface area contributed by atoms with Gasteiger partial charge in [0.15, 0.2) is 0 Å². The lowest BCUT2D eigenvalue weighted by Crippen LogP contribution is -2.19. The summed E-state index contributed by atoms with van der Waals surface area (Å²) in [5.74, 6) is 2.34. The van der Waals surface area contributed by atoms with Crippen molar-refractivity contribution in [2.24, 2.45) is 0 Å². The summed E-state index contributed by atoms with van der Waals surface area (Å²) in [6.07, 6.45) is 2.14. The molecule has 4 nitrogen and oxygen atoms in total. The standard InChI is InChI=1S/C21H25NO3/c1-15(2)24-19-9-11-21(12-10-19)25-20-7-5-18(6-8-20)16(3)13-14-22-17(4)23/h5-13,15H,14H2,1-4H3,(H,22,23)/b16-13+. The second-order valence-corrected chi connectivity index (χ2v) is 6.09. The van der Waals surface area contributed by atoms with E-state index in [4.69, 9.17) is 9.47 Å². The van der Waals surface area contributed by atoms with Crippen molar-refractivity contribution in [1.29, 1.82) is 0 Å². The smallest absolute Gasteiger partial charge is 0.217 e. The van der Waals surface area contributed by atoms with E-state index in [1.54, 1.807) is 0 Å². The molecule has 0 aliphatic carbocycles. The first-order chi connectivity index (χ1) is 11.9. The number of rotatable bonds is 7. The Labute approximate surface area is 149 Å². The molecule has 2 rings (SSSR count). The number of carbonyl (C=O) groups is 1. The van der Waals surface area contributed by atoms with Gasteiger partial charge in [0.05, 0.1) is 6.10 Å². The van der Waals surface area contributed by atoms with Crippen molar-refractivity contribution >= 4 is 11.5 Å². The van der Waals surface area contributed by atoms with Crippen molar-refractivity contribution in [3.63, 3.8) is 0 Å². The van der Waals surface area contributed by atoms with Gasteiger partial charge >= 0.3 is 0 Å². The minimum atomic E-state index is -0.0300. The average molecular weight is 339 g/mol. The number of nitrogens with one attached hydrogen (secondary N) is 1. The van der Waals surface area contributed by atoms with Gasteiger partial charge in [0.2, 0.25) is 5.91 Å². The molecule has 2 aromatic rings. The number of hydrogen-bond acceptors (Lipinski definition) is 3. The summed E-state index contributed by atoms with van der Waals surface area (Å²) in [5.41, 5.74) is 2.20. The van der Waals surface area contributed by atoms with Gasteiger partial charge in [0, 0.05) is 13.5 Å². The van der Waals surface area contributed by atoms with Crippen molar-refractivity contribution < 1.29 is 14.3 Å². The summed E-state index contributed by atoms with van der Waals surface area (Å²) in [6.45, 7) is 8.06. The van der Waals surface area contributed by atoms with Crippen LogP contribution in [0.1, 0.15) is 33.3 Å². The van der Waals surface area contributed by atoms with Gasteiger partial charge in [-0.15, -0.1) is 0 Å². The molecule has 0 aliphatic rings. The maximum Gasteiger partial charge on any atom is 0.217 e. The van der Waals surface area contributed by atoms with Crippen LogP contribution in [0.25, 0.3) is 5.57 Å². The molecule has 4 heteroatoms. The second kappa shape index (κ2) is 8.92. The monoisotopic (exact) mass is 339 g/mol. The van der Waals surface area contributed by atoms with Gasteiger partial charge in [-0.05, 0) is 68.3 Å². The number of benzene rings is 2. The van der Waals surface area contributed by atoms with Crippen LogP contribution in [0.2, 0.25) is 0 Å². The Kier molecular flexibility index (Phi) is 6.63. The Morgan fingerprint density at radius 1 is 0.960 bits per heavy atom. The molecule has 2 aromatic carbocycles. The van der Waals surface area contributed by atoms with Gasteiger partial charge in [0.25, 0.3) is 0 Å². The summed E-state index contributed by atoms with van der Waals surface area (Å²) in [5, 5.41) is 2.76. The molecule has 132 valence electrons. The Balaban J connectivity index is 1.96. The van der Waals surface area contributed by atoms with Crippen LogP contribution in [0.5, 0.6) is 17.2 Å². The third kappa shape index (κ3) is 6.34. The lowest BCUT2D eigenvalue weighted by atomic mass is 10.1. The largest absolute Gasteiger partial charge is 0.491 e. The summed E-state index contributed by atoms with van der Waals surface area (Å²) < 4.78 is 11.5. The van der Waals surface area contributed by atoms with Crippen molar-refractivity contribution in [3.8, 4) is 17.2 Å². The molecule has 0 radical (unpaired) electrons. The number of allylic oxidation sites excluding steroid dienone is 1. The summed E-state index contributed by atoms with van der Waals surface area (Å²) in [7, 11) is 0. The predicted molar refractivity (Wildman–Crippen MR) is 101 cm³/mol.